The minimum Gasteiger partial charge on any atom is -0.497 e. The number of urea groups is 1. The molecule has 3 amide bonds. The summed E-state index contributed by atoms with van der Waals surface area (Å²) in [4.78, 5) is 24.7. The summed E-state index contributed by atoms with van der Waals surface area (Å²) in [5.74, 6) is -0.167. The summed E-state index contributed by atoms with van der Waals surface area (Å²) in [5.41, 5.74) is 1.98. The molecule has 0 unspecified atom stereocenters. The van der Waals surface area contributed by atoms with E-state index in [2.05, 4.69) is 16.0 Å². The van der Waals surface area contributed by atoms with Crippen LogP contribution in [0.5, 0.6) is 5.75 Å². The van der Waals surface area contributed by atoms with E-state index >= 15 is 0 Å². The largest absolute Gasteiger partial charge is 0.497 e. The second kappa shape index (κ2) is 7.26. The molecule has 26 heavy (non-hydrogen) atoms. The van der Waals surface area contributed by atoms with Gasteiger partial charge in [-0.3, -0.25) is 4.79 Å². The summed E-state index contributed by atoms with van der Waals surface area (Å²) in [6, 6.07) is 11.6. The second-order valence-corrected chi connectivity index (χ2v) is 5.81. The highest BCUT2D eigenvalue weighted by atomic mass is 19.1. The number of carbonyl (C=O) groups is 2. The molecule has 3 N–H and O–H groups in total. The standard InChI is InChI=1S/C19H18FN3O3/c1-11-16(18(24)22-14-8-6-13(20)7-9-14)17(23-19(25)21-11)12-4-3-5-15(10-12)26-2/h3-10,17H,1-2H3,(H,22,24)(H2,21,23,25)/t17-/m1/s1. The topological polar surface area (TPSA) is 79.5 Å². The molecule has 0 spiro atoms. The van der Waals surface area contributed by atoms with Crippen LogP contribution >= 0.6 is 0 Å². The van der Waals surface area contributed by atoms with Gasteiger partial charge in [0.1, 0.15) is 11.6 Å². The molecule has 0 aliphatic carbocycles. The molecule has 0 saturated heterocycles. The number of carbonyl (C=O) groups excluding carboxylic acids is 2. The lowest BCUT2D eigenvalue weighted by molar-refractivity contribution is -0.113. The third-order valence-corrected chi connectivity index (χ3v) is 4.04. The van der Waals surface area contributed by atoms with Gasteiger partial charge in [-0.05, 0) is 48.9 Å². The smallest absolute Gasteiger partial charge is 0.319 e. The Morgan fingerprint density at radius 3 is 2.62 bits per heavy atom. The molecule has 0 fully saturated rings. The molecule has 0 bridgehead atoms. The first kappa shape index (κ1) is 17.5. The van der Waals surface area contributed by atoms with Crippen LogP contribution in [0, 0.1) is 5.82 Å². The molecule has 2 aromatic rings. The number of hydrogen-bond acceptors (Lipinski definition) is 3. The summed E-state index contributed by atoms with van der Waals surface area (Å²) in [7, 11) is 1.55. The fourth-order valence-electron chi connectivity index (χ4n) is 2.80. The monoisotopic (exact) mass is 355 g/mol. The van der Waals surface area contributed by atoms with Gasteiger partial charge in [0.15, 0.2) is 0 Å². The summed E-state index contributed by atoms with van der Waals surface area (Å²) >= 11 is 0. The maximum atomic E-state index is 13.0. The van der Waals surface area contributed by atoms with Crippen molar-refractivity contribution in [3.8, 4) is 5.75 Å². The Hall–Kier alpha value is -3.35. The van der Waals surface area contributed by atoms with Crippen LogP contribution in [0.1, 0.15) is 18.5 Å². The van der Waals surface area contributed by atoms with Gasteiger partial charge in [0.2, 0.25) is 0 Å². The number of ether oxygens (including phenoxy) is 1. The lowest BCUT2D eigenvalue weighted by Crippen LogP contribution is -2.45. The lowest BCUT2D eigenvalue weighted by Gasteiger charge is -2.28. The fraction of sp³-hybridized carbons (Fsp3) is 0.158. The van der Waals surface area contributed by atoms with Crippen molar-refractivity contribution in [1.82, 2.24) is 10.6 Å². The Morgan fingerprint density at radius 2 is 1.92 bits per heavy atom. The number of anilines is 1. The molecule has 3 rings (SSSR count). The first-order valence-corrected chi connectivity index (χ1v) is 7.97. The van der Waals surface area contributed by atoms with Crippen molar-refractivity contribution >= 4 is 17.6 Å². The fourth-order valence-corrected chi connectivity index (χ4v) is 2.80. The Labute approximate surface area is 150 Å². The molecule has 7 heteroatoms. The molecule has 1 heterocycles. The second-order valence-electron chi connectivity index (χ2n) is 5.81. The maximum absolute atomic E-state index is 13.0. The molecule has 134 valence electrons. The van der Waals surface area contributed by atoms with Crippen molar-refractivity contribution < 1.29 is 18.7 Å². The van der Waals surface area contributed by atoms with Crippen LogP contribution in [0.15, 0.2) is 59.8 Å². The third-order valence-electron chi connectivity index (χ3n) is 4.04. The molecule has 2 aromatic carbocycles. The highest BCUT2D eigenvalue weighted by Crippen LogP contribution is 2.29. The van der Waals surface area contributed by atoms with Gasteiger partial charge in [0, 0.05) is 11.4 Å². The zero-order valence-electron chi connectivity index (χ0n) is 14.3. The van der Waals surface area contributed by atoms with Crippen molar-refractivity contribution in [1.29, 1.82) is 0 Å². The Kier molecular flexibility index (Phi) is 4.88. The summed E-state index contributed by atoms with van der Waals surface area (Å²) in [6.07, 6.45) is 0. The molecule has 1 aliphatic heterocycles. The van der Waals surface area contributed by atoms with Gasteiger partial charge in [-0.1, -0.05) is 12.1 Å². The van der Waals surface area contributed by atoms with E-state index < -0.39 is 18.0 Å². The van der Waals surface area contributed by atoms with Crippen molar-refractivity contribution in [2.75, 3.05) is 12.4 Å². The molecule has 0 aromatic heterocycles. The number of hydrogen-bond donors (Lipinski definition) is 3. The number of nitrogens with one attached hydrogen (secondary N) is 3. The normalized spacial score (nSPS) is 16.6. The van der Waals surface area contributed by atoms with Crippen LogP contribution in [0.3, 0.4) is 0 Å². The van der Waals surface area contributed by atoms with Gasteiger partial charge in [0.05, 0.1) is 18.7 Å². The van der Waals surface area contributed by atoms with Crippen LogP contribution < -0.4 is 20.7 Å². The molecule has 6 nitrogen and oxygen atoms in total. The van der Waals surface area contributed by atoms with Crippen molar-refractivity contribution in [3.63, 3.8) is 0 Å². The number of allylic oxidation sites excluding steroid dienone is 1. The van der Waals surface area contributed by atoms with Crippen LogP contribution in [0.4, 0.5) is 14.9 Å². The average molecular weight is 355 g/mol. The van der Waals surface area contributed by atoms with Crippen molar-refractivity contribution in [3.05, 3.63) is 71.2 Å². The van der Waals surface area contributed by atoms with E-state index in [0.717, 1.165) is 0 Å². The van der Waals surface area contributed by atoms with Gasteiger partial charge in [-0.15, -0.1) is 0 Å². The SMILES string of the molecule is COc1cccc([C@H]2NC(=O)NC(C)=C2C(=O)Nc2ccc(F)cc2)c1. The van der Waals surface area contributed by atoms with E-state index in [-0.39, 0.29) is 5.82 Å². The molecular weight excluding hydrogens is 337 g/mol. The Bertz CT molecular complexity index is 878. The van der Waals surface area contributed by atoms with E-state index in [1.54, 1.807) is 38.3 Å². The van der Waals surface area contributed by atoms with Gasteiger partial charge >= 0.3 is 6.03 Å². The summed E-state index contributed by atoms with van der Waals surface area (Å²) < 4.78 is 18.3. The molecular formula is C19H18FN3O3. The number of rotatable bonds is 4. The number of methoxy groups -OCH3 is 1. The predicted octanol–water partition coefficient (Wildman–Crippen LogP) is 3.10. The Balaban J connectivity index is 1.94. The highest BCUT2D eigenvalue weighted by Gasteiger charge is 2.31. The quantitative estimate of drug-likeness (QED) is 0.788. The zero-order chi connectivity index (χ0) is 18.7. The van der Waals surface area contributed by atoms with Gasteiger partial charge in [-0.2, -0.15) is 0 Å². The highest BCUT2D eigenvalue weighted by molar-refractivity contribution is 6.06. The molecule has 1 aliphatic rings. The van der Waals surface area contributed by atoms with Crippen molar-refractivity contribution in [2.45, 2.75) is 13.0 Å². The van der Waals surface area contributed by atoms with Crippen LogP contribution in [0.2, 0.25) is 0 Å². The average Bonchev–Trinajstić information content (AvgIpc) is 2.63. The summed E-state index contributed by atoms with van der Waals surface area (Å²) in [5, 5.41) is 8.09. The van der Waals surface area contributed by atoms with Crippen LogP contribution in [0.25, 0.3) is 0 Å². The number of benzene rings is 2. The lowest BCUT2D eigenvalue weighted by atomic mass is 9.94. The van der Waals surface area contributed by atoms with Crippen LogP contribution in [-0.4, -0.2) is 19.0 Å². The zero-order valence-corrected chi connectivity index (χ0v) is 14.3. The van der Waals surface area contributed by atoms with E-state index in [1.165, 1.54) is 24.3 Å². The Morgan fingerprint density at radius 1 is 1.19 bits per heavy atom. The number of halogens is 1. The minimum atomic E-state index is -0.640. The van der Waals surface area contributed by atoms with Gasteiger partial charge < -0.3 is 20.7 Å². The van der Waals surface area contributed by atoms with Gasteiger partial charge in [0.25, 0.3) is 5.91 Å². The van der Waals surface area contributed by atoms with Crippen molar-refractivity contribution in [2.24, 2.45) is 0 Å². The van der Waals surface area contributed by atoms with E-state index in [9.17, 15) is 14.0 Å². The maximum Gasteiger partial charge on any atom is 0.319 e. The first-order valence-electron chi connectivity index (χ1n) is 7.97. The molecule has 0 radical (unpaired) electrons. The van der Waals surface area contributed by atoms with E-state index in [4.69, 9.17) is 4.74 Å². The molecule has 0 saturated carbocycles. The number of amides is 3. The molecule has 1 atom stereocenters. The van der Waals surface area contributed by atoms with Crippen LogP contribution in [-0.2, 0) is 4.79 Å². The summed E-state index contributed by atoms with van der Waals surface area (Å²) in [6.45, 7) is 1.66. The van der Waals surface area contributed by atoms with Gasteiger partial charge in [-0.25, -0.2) is 9.18 Å². The van der Waals surface area contributed by atoms with E-state index in [0.29, 0.717) is 28.3 Å². The third kappa shape index (κ3) is 3.66. The van der Waals surface area contributed by atoms with E-state index in [1.807, 2.05) is 0 Å². The minimum absolute atomic E-state index is 0.363. The first-order chi connectivity index (χ1) is 12.5. The predicted molar refractivity (Wildman–Crippen MR) is 95.1 cm³/mol.